The first-order valence-corrected chi connectivity index (χ1v) is 6.68. The quantitative estimate of drug-likeness (QED) is 0.795. The summed E-state index contributed by atoms with van der Waals surface area (Å²) in [7, 11) is 2.13. The predicted molar refractivity (Wildman–Crippen MR) is 71.0 cm³/mol. The molecule has 0 aromatic heterocycles. The first kappa shape index (κ1) is 14.5. The minimum absolute atomic E-state index is 0.233. The molecule has 0 aromatic carbocycles. The Kier molecular flexibility index (Phi) is 5.40. The molecule has 1 aliphatic rings. The molecular formula is C13H27N3O. The van der Waals surface area contributed by atoms with E-state index < -0.39 is 0 Å². The van der Waals surface area contributed by atoms with E-state index in [2.05, 4.69) is 45.0 Å². The standard InChI is InChI=1S/C13H27N3O/c1-6-10(2)14-7-13(17)16-8-11(3)15(5)12(4)9-16/h10-12,14H,6-9H2,1-5H3. The second kappa shape index (κ2) is 6.36. The van der Waals surface area contributed by atoms with Crippen LogP contribution in [0.3, 0.4) is 0 Å². The Bertz CT molecular complexity index is 245. The van der Waals surface area contributed by atoms with Crippen molar-refractivity contribution in [2.75, 3.05) is 26.7 Å². The van der Waals surface area contributed by atoms with Gasteiger partial charge in [0.15, 0.2) is 0 Å². The molecule has 0 spiro atoms. The molecule has 3 atom stereocenters. The largest absolute Gasteiger partial charge is 0.338 e. The molecule has 0 bridgehead atoms. The van der Waals surface area contributed by atoms with Gasteiger partial charge in [-0.25, -0.2) is 0 Å². The molecule has 4 nitrogen and oxygen atoms in total. The average Bonchev–Trinajstić information content (AvgIpc) is 2.31. The van der Waals surface area contributed by atoms with Crippen LogP contribution in [-0.2, 0) is 4.79 Å². The number of piperazine rings is 1. The lowest BCUT2D eigenvalue weighted by Gasteiger charge is -2.42. The molecule has 17 heavy (non-hydrogen) atoms. The maximum atomic E-state index is 12.1. The van der Waals surface area contributed by atoms with Crippen LogP contribution < -0.4 is 5.32 Å². The highest BCUT2D eigenvalue weighted by molar-refractivity contribution is 5.78. The van der Waals surface area contributed by atoms with E-state index in [9.17, 15) is 4.79 Å². The van der Waals surface area contributed by atoms with Crippen LogP contribution in [0.2, 0.25) is 0 Å². The molecule has 1 fully saturated rings. The number of carbonyl (C=O) groups excluding carboxylic acids is 1. The average molecular weight is 241 g/mol. The van der Waals surface area contributed by atoms with Crippen molar-refractivity contribution in [2.24, 2.45) is 0 Å². The second-order valence-electron chi connectivity index (χ2n) is 5.35. The summed E-state index contributed by atoms with van der Waals surface area (Å²) >= 11 is 0. The lowest BCUT2D eigenvalue weighted by molar-refractivity contribution is -0.134. The van der Waals surface area contributed by atoms with Crippen LogP contribution in [0.5, 0.6) is 0 Å². The molecule has 1 aliphatic heterocycles. The van der Waals surface area contributed by atoms with Crippen LogP contribution >= 0.6 is 0 Å². The number of hydrogen-bond donors (Lipinski definition) is 1. The van der Waals surface area contributed by atoms with Gasteiger partial charge in [0.05, 0.1) is 6.54 Å². The SMILES string of the molecule is CCC(C)NCC(=O)N1CC(C)N(C)C(C)C1. The number of rotatable bonds is 4. The van der Waals surface area contributed by atoms with Crippen LogP contribution in [0.4, 0.5) is 0 Å². The van der Waals surface area contributed by atoms with Crippen LogP contribution in [0.15, 0.2) is 0 Å². The molecular weight excluding hydrogens is 214 g/mol. The van der Waals surface area contributed by atoms with Crippen LogP contribution in [0.1, 0.15) is 34.1 Å². The third-order valence-corrected chi connectivity index (χ3v) is 3.93. The van der Waals surface area contributed by atoms with Crippen molar-refractivity contribution in [1.82, 2.24) is 15.1 Å². The maximum absolute atomic E-state index is 12.1. The molecule has 3 unspecified atom stereocenters. The fraction of sp³-hybridized carbons (Fsp3) is 0.923. The molecule has 100 valence electrons. The van der Waals surface area contributed by atoms with Gasteiger partial charge in [0.25, 0.3) is 0 Å². The molecule has 1 rings (SSSR count). The summed E-state index contributed by atoms with van der Waals surface area (Å²) in [5.74, 6) is 0.233. The number of likely N-dealkylation sites (N-methyl/N-ethyl adjacent to an activating group) is 1. The zero-order valence-electron chi connectivity index (χ0n) is 11.9. The maximum Gasteiger partial charge on any atom is 0.236 e. The van der Waals surface area contributed by atoms with E-state index in [0.717, 1.165) is 19.5 Å². The molecule has 1 amide bonds. The summed E-state index contributed by atoms with van der Waals surface area (Å²) in [6, 6.07) is 1.32. The molecule has 4 heteroatoms. The topological polar surface area (TPSA) is 35.6 Å². The van der Waals surface area contributed by atoms with Crippen molar-refractivity contribution in [1.29, 1.82) is 0 Å². The molecule has 1 heterocycles. The van der Waals surface area contributed by atoms with E-state index in [4.69, 9.17) is 0 Å². The highest BCUT2D eigenvalue weighted by Gasteiger charge is 2.28. The van der Waals surface area contributed by atoms with Gasteiger partial charge in [-0.1, -0.05) is 6.92 Å². The van der Waals surface area contributed by atoms with Crippen LogP contribution in [-0.4, -0.2) is 60.5 Å². The number of amides is 1. The monoisotopic (exact) mass is 241 g/mol. The smallest absolute Gasteiger partial charge is 0.236 e. The van der Waals surface area contributed by atoms with E-state index >= 15 is 0 Å². The van der Waals surface area contributed by atoms with Crippen molar-refractivity contribution in [3.8, 4) is 0 Å². The van der Waals surface area contributed by atoms with Gasteiger partial charge in [-0.05, 0) is 34.2 Å². The van der Waals surface area contributed by atoms with Crippen molar-refractivity contribution < 1.29 is 4.79 Å². The van der Waals surface area contributed by atoms with Crippen molar-refractivity contribution in [2.45, 2.75) is 52.2 Å². The summed E-state index contributed by atoms with van der Waals surface area (Å²) in [6.07, 6.45) is 1.06. The fourth-order valence-electron chi connectivity index (χ4n) is 2.13. The van der Waals surface area contributed by atoms with E-state index in [-0.39, 0.29) is 5.91 Å². The van der Waals surface area contributed by atoms with Gasteiger partial charge in [0, 0.05) is 31.2 Å². The zero-order chi connectivity index (χ0) is 13.0. The third kappa shape index (κ3) is 3.96. The number of carbonyl (C=O) groups is 1. The van der Waals surface area contributed by atoms with Crippen LogP contribution in [0, 0.1) is 0 Å². The Morgan fingerprint density at radius 3 is 2.35 bits per heavy atom. The van der Waals surface area contributed by atoms with Gasteiger partial charge in [-0.15, -0.1) is 0 Å². The van der Waals surface area contributed by atoms with Gasteiger partial charge in [-0.3, -0.25) is 9.69 Å². The lowest BCUT2D eigenvalue weighted by atomic mass is 10.1. The van der Waals surface area contributed by atoms with Gasteiger partial charge < -0.3 is 10.2 Å². The number of nitrogens with one attached hydrogen (secondary N) is 1. The van der Waals surface area contributed by atoms with Gasteiger partial charge in [0.2, 0.25) is 5.91 Å². The minimum atomic E-state index is 0.233. The number of nitrogens with zero attached hydrogens (tertiary/aromatic N) is 2. The Labute approximate surface area is 105 Å². The first-order valence-electron chi connectivity index (χ1n) is 6.68. The highest BCUT2D eigenvalue weighted by atomic mass is 16.2. The van der Waals surface area contributed by atoms with Crippen LogP contribution in [0.25, 0.3) is 0 Å². The molecule has 0 radical (unpaired) electrons. The van der Waals surface area contributed by atoms with E-state index in [1.807, 2.05) is 4.90 Å². The highest BCUT2D eigenvalue weighted by Crippen LogP contribution is 2.13. The summed E-state index contributed by atoms with van der Waals surface area (Å²) in [5.41, 5.74) is 0. The summed E-state index contributed by atoms with van der Waals surface area (Å²) in [6.45, 7) is 10.8. The summed E-state index contributed by atoms with van der Waals surface area (Å²) in [5, 5.41) is 3.27. The molecule has 1 N–H and O–H groups in total. The second-order valence-corrected chi connectivity index (χ2v) is 5.35. The van der Waals surface area contributed by atoms with Crippen molar-refractivity contribution in [3.05, 3.63) is 0 Å². The Balaban J connectivity index is 2.42. The lowest BCUT2D eigenvalue weighted by Crippen LogP contribution is -2.57. The Hall–Kier alpha value is -0.610. The summed E-state index contributed by atoms with van der Waals surface area (Å²) < 4.78 is 0. The molecule has 0 aromatic rings. The van der Waals surface area contributed by atoms with Gasteiger partial charge in [-0.2, -0.15) is 0 Å². The first-order chi connectivity index (χ1) is 7.95. The zero-order valence-corrected chi connectivity index (χ0v) is 11.9. The molecule has 1 saturated heterocycles. The molecule has 0 aliphatic carbocycles. The summed E-state index contributed by atoms with van der Waals surface area (Å²) in [4.78, 5) is 16.4. The Morgan fingerprint density at radius 1 is 1.35 bits per heavy atom. The van der Waals surface area contributed by atoms with Gasteiger partial charge >= 0.3 is 0 Å². The van der Waals surface area contributed by atoms with Crippen molar-refractivity contribution >= 4 is 5.91 Å². The van der Waals surface area contributed by atoms with Crippen molar-refractivity contribution in [3.63, 3.8) is 0 Å². The predicted octanol–water partition coefficient (Wildman–Crippen LogP) is 0.926. The third-order valence-electron chi connectivity index (χ3n) is 3.93. The van der Waals surface area contributed by atoms with Gasteiger partial charge in [0.1, 0.15) is 0 Å². The van der Waals surface area contributed by atoms with E-state index in [1.165, 1.54) is 0 Å². The Morgan fingerprint density at radius 2 is 1.88 bits per heavy atom. The van der Waals surface area contributed by atoms with E-state index in [0.29, 0.717) is 24.7 Å². The number of hydrogen-bond acceptors (Lipinski definition) is 3. The normalized spacial score (nSPS) is 28.2. The fourth-order valence-corrected chi connectivity index (χ4v) is 2.13. The van der Waals surface area contributed by atoms with E-state index in [1.54, 1.807) is 0 Å². The minimum Gasteiger partial charge on any atom is -0.338 e. The molecule has 0 saturated carbocycles.